The van der Waals surface area contributed by atoms with Crippen molar-refractivity contribution in [3.8, 4) is 0 Å². The molecule has 2 aromatic rings. The molecule has 0 saturated heterocycles. The third-order valence-electron chi connectivity index (χ3n) is 3.15. The molecule has 1 aromatic carbocycles. The maximum absolute atomic E-state index is 5.92. The molecule has 4 nitrogen and oxygen atoms in total. The van der Waals surface area contributed by atoms with Gasteiger partial charge in [0.05, 0.1) is 6.54 Å². The fourth-order valence-corrected chi connectivity index (χ4v) is 1.99. The maximum Gasteiger partial charge on any atom is 0.193 e. The topological polar surface area (TPSA) is 55.3 Å². The molecule has 3 N–H and O–H groups in total. The summed E-state index contributed by atoms with van der Waals surface area (Å²) in [6.45, 7) is 4.93. The van der Waals surface area contributed by atoms with Crippen LogP contribution >= 0.6 is 24.0 Å². The summed E-state index contributed by atoms with van der Waals surface area (Å²) >= 11 is 0. The van der Waals surface area contributed by atoms with Gasteiger partial charge in [-0.1, -0.05) is 26.0 Å². The Morgan fingerprint density at radius 2 is 2.10 bits per heavy atom. The van der Waals surface area contributed by atoms with Crippen molar-refractivity contribution in [1.29, 1.82) is 0 Å². The quantitative estimate of drug-likeness (QED) is 0.469. The van der Waals surface area contributed by atoms with Gasteiger partial charge in [0.15, 0.2) is 5.96 Å². The normalized spacial score (nSPS) is 11.3. The van der Waals surface area contributed by atoms with Crippen LogP contribution in [0.1, 0.15) is 30.9 Å². The molecule has 0 aliphatic carbocycles. The molecule has 0 radical (unpaired) electrons. The van der Waals surface area contributed by atoms with Crippen molar-refractivity contribution in [2.75, 3.05) is 5.32 Å². The van der Waals surface area contributed by atoms with E-state index in [2.05, 4.69) is 36.3 Å². The predicted molar refractivity (Wildman–Crippen MR) is 100 cm³/mol. The van der Waals surface area contributed by atoms with E-state index in [1.807, 2.05) is 42.2 Å². The number of hydrogen-bond donors (Lipinski definition) is 2. The SMILES string of the molecule is CC(C)c1cccc(NC(N)=NCc2ccn(C)c2)c1.I. The monoisotopic (exact) mass is 398 g/mol. The predicted octanol–water partition coefficient (Wildman–Crippen LogP) is 3.69. The number of anilines is 1. The number of nitrogens with two attached hydrogens (primary N) is 1. The van der Waals surface area contributed by atoms with E-state index in [1.165, 1.54) is 5.56 Å². The minimum atomic E-state index is 0. The summed E-state index contributed by atoms with van der Waals surface area (Å²) in [6.07, 6.45) is 4.04. The number of nitrogens with one attached hydrogen (secondary N) is 1. The molecule has 1 heterocycles. The molecule has 0 aliphatic rings. The van der Waals surface area contributed by atoms with E-state index in [1.54, 1.807) is 0 Å². The van der Waals surface area contributed by atoms with E-state index in [0.717, 1.165) is 11.3 Å². The van der Waals surface area contributed by atoms with Crippen molar-refractivity contribution in [3.63, 3.8) is 0 Å². The van der Waals surface area contributed by atoms with Crippen molar-refractivity contribution < 1.29 is 0 Å². The third kappa shape index (κ3) is 5.41. The Labute approximate surface area is 143 Å². The number of nitrogens with zero attached hydrogens (tertiary/aromatic N) is 2. The second kappa shape index (κ2) is 8.07. The molecule has 1 aromatic heterocycles. The van der Waals surface area contributed by atoms with Crippen LogP contribution in [0, 0.1) is 0 Å². The summed E-state index contributed by atoms with van der Waals surface area (Å²) in [6, 6.07) is 10.3. The highest BCUT2D eigenvalue weighted by atomic mass is 127. The first-order valence-corrected chi connectivity index (χ1v) is 6.82. The zero-order chi connectivity index (χ0) is 14.5. The van der Waals surface area contributed by atoms with Crippen molar-refractivity contribution >= 4 is 35.6 Å². The van der Waals surface area contributed by atoms with Gasteiger partial charge in [-0.05, 0) is 35.2 Å². The molecule has 5 heteroatoms. The van der Waals surface area contributed by atoms with Gasteiger partial charge in [-0.3, -0.25) is 0 Å². The van der Waals surface area contributed by atoms with Gasteiger partial charge in [0.1, 0.15) is 0 Å². The van der Waals surface area contributed by atoms with Crippen LogP contribution in [0.5, 0.6) is 0 Å². The highest BCUT2D eigenvalue weighted by molar-refractivity contribution is 14.0. The number of halogens is 1. The molecule has 2 rings (SSSR count). The first kappa shape index (κ1) is 17.6. The van der Waals surface area contributed by atoms with Crippen LogP contribution in [0.2, 0.25) is 0 Å². The van der Waals surface area contributed by atoms with Crippen molar-refractivity contribution in [3.05, 3.63) is 53.9 Å². The molecule has 0 saturated carbocycles. The zero-order valence-electron chi connectivity index (χ0n) is 12.7. The lowest BCUT2D eigenvalue weighted by molar-refractivity contribution is 0.867. The van der Waals surface area contributed by atoms with E-state index in [-0.39, 0.29) is 24.0 Å². The minimum Gasteiger partial charge on any atom is -0.370 e. The molecule has 0 spiro atoms. The van der Waals surface area contributed by atoms with Gasteiger partial charge in [0.2, 0.25) is 0 Å². The number of aryl methyl sites for hydroxylation is 1. The molecule has 0 atom stereocenters. The van der Waals surface area contributed by atoms with Gasteiger partial charge < -0.3 is 15.6 Å². The van der Waals surface area contributed by atoms with E-state index in [0.29, 0.717) is 18.4 Å². The van der Waals surface area contributed by atoms with Crippen LogP contribution in [0.15, 0.2) is 47.7 Å². The van der Waals surface area contributed by atoms with E-state index < -0.39 is 0 Å². The van der Waals surface area contributed by atoms with Crippen LogP contribution in [0.3, 0.4) is 0 Å². The van der Waals surface area contributed by atoms with E-state index in [4.69, 9.17) is 5.73 Å². The van der Waals surface area contributed by atoms with Gasteiger partial charge in [-0.2, -0.15) is 0 Å². The van der Waals surface area contributed by atoms with Crippen molar-refractivity contribution in [1.82, 2.24) is 4.57 Å². The smallest absolute Gasteiger partial charge is 0.193 e. The fraction of sp³-hybridized carbons (Fsp3) is 0.312. The highest BCUT2D eigenvalue weighted by Gasteiger charge is 2.01. The Morgan fingerprint density at radius 3 is 2.71 bits per heavy atom. The van der Waals surface area contributed by atoms with Crippen LogP contribution in [-0.4, -0.2) is 10.5 Å². The Kier molecular flexibility index (Phi) is 6.74. The maximum atomic E-state index is 5.92. The highest BCUT2D eigenvalue weighted by Crippen LogP contribution is 2.18. The Hall–Kier alpha value is -1.50. The van der Waals surface area contributed by atoms with Gasteiger partial charge in [-0.25, -0.2) is 4.99 Å². The standard InChI is InChI=1S/C16H22N4.HI/c1-12(2)14-5-4-6-15(9-14)19-16(17)18-10-13-7-8-20(3)11-13;/h4-9,11-12H,10H2,1-3H3,(H3,17,18,19);1H. The van der Waals surface area contributed by atoms with Crippen LogP contribution < -0.4 is 11.1 Å². The van der Waals surface area contributed by atoms with Crippen molar-refractivity contribution in [2.24, 2.45) is 17.8 Å². The average Bonchev–Trinajstić information content (AvgIpc) is 2.82. The van der Waals surface area contributed by atoms with Crippen molar-refractivity contribution in [2.45, 2.75) is 26.3 Å². The summed E-state index contributed by atoms with van der Waals surface area (Å²) in [7, 11) is 1.99. The molecule has 0 unspecified atom stereocenters. The second-order valence-electron chi connectivity index (χ2n) is 5.29. The number of guanidine groups is 1. The summed E-state index contributed by atoms with van der Waals surface area (Å²) < 4.78 is 2.00. The lowest BCUT2D eigenvalue weighted by Gasteiger charge is -2.09. The van der Waals surface area contributed by atoms with E-state index >= 15 is 0 Å². The Balaban J connectivity index is 0.00000220. The summed E-state index contributed by atoms with van der Waals surface area (Å²) in [5, 5.41) is 3.14. The van der Waals surface area contributed by atoms with Gasteiger partial charge in [0.25, 0.3) is 0 Å². The lowest BCUT2D eigenvalue weighted by atomic mass is 10.0. The van der Waals surface area contributed by atoms with Crippen LogP contribution in [0.4, 0.5) is 5.69 Å². The molecule has 21 heavy (non-hydrogen) atoms. The summed E-state index contributed by atoms with van der Waals surface area (Å²) in [5.74, 6) is 0.939. The van der Waals surface area contributed by atoms with Gasteiger partial charge in [-0.15, -0.1) is 24.0 Å². The third-order valence-corrected chi connectivity index (χ3v) is 3.15. The molecular formula is C16H23IN4. The number of aromatic nitrogens is 1. The second-order valence-corrected chi connectivity index (χ2v) is 5.29. The molecule has 0 bridgehead atoms. The lowest BCUT2D eigenvalue weighted by Crippen LogP contribution is -2.22. The molecule has 114 valence electrons. The average molecular weight is 398 g/mol. The number of benzene rings is 1. The molecule has 0 amide bonds. The van der Waals surface area contributed by atoms with Crippen LogP contribution in [-0.2, 0) is 13.6 Å². The largest absolute Gasteiger partial charge is 0.370 e. The summed E-state index contributed by atoms with van der Waals surface area (Å²) in [5.41, 5.74) is 9.33. The van der Waals surface area contributed by atoms with Gasteiger partial charge >= 0.3 is 0 Å². The minimum absolute atomic E-state index is 0. The number of aliphatic imine (C=N–C) groups is 1. The zero-order valence-corrected chi connectivity index (χ0v) is 15.0. The van der Waals surface area contributed by atoms with E-state index in [9.17, 15) is 0 Å². The van der Waals surface area contributed by atoms with Gasteiger partial charge in [0, 0.05) is 25.1 Å². The molecular weight excluding hydrogens is 375 g/mol. The Bertz CT molecular complexity index is 602. The first-order chi connectivity index (χ1) is 9.54. The Morgan fingerprint density at radius 1 is 1.33 bits per heavy atom. The number of hydrogen-bond acceptors (Lipinski definition) is 1. The van der Waals surface area contributed by atoms with Crippen LogP contribution in [0.25, 0.3) is 0 Å². The number of rotatable bonds is 4. The fourth-order valence-electron chi connectivity index (χ4n) is 1.99. The first-order valence-electron chi connectivity index (χ1n) is 6.82. The molecule has 0 fully saturated rings. The molecule has 0 aliphatic heterocycles. The summed E-state index contributed by atoms with van der Waals surface area (Å²) in [4.78, 5) is 4.35.